The largest absolute Gasteiger partial charge is 0.459 e. The lowest BCUT2D eigenvalue weighted by Crippen LogP contribution is -2.53. The van der Waals surface area contributed by atoms with Crippen molar-refractivity contribution in [3.8, 4) is 0 Å². The van der Waals surface area contributed by atoms with Crippen LogP contribution in [-0.2, 0) is 47.7 Å². The van der Waals surface area contributed by atoms with E-state index in [9.17, 15) is 39.3 Å². The van der Waals surface area contributed by atoms with Crippen LogP contribution in [0.3, 0.4) is 0 Å². The van der Waals surface area contributed by atoms with Crippen LogP contribution in [0.15, 0.2) is 11.1 Å². The van der Waals surface area contributed by atoms with Gasteiger partial charge in [-0.1, -0.05) is 48.5 Å². The molecule has 2 saturated heterocycles. The van der Waals surface area contributed by atoms with E-state index in [4.69, 9.17) is 18.9 Å². The summed E-state index contributed by atoms with van der Waals surface area (Å²) >= 11 is 0. The molecule has 0 radical (unpaired) electrons. The summed E-state index contributed by atoms with van der Waals surface area (Å²) < 4.78 is 29.1. The Hall–Kier alpha value is -2.55. The number of hydrogen-bond donors (Lipinski definition) is 3. The molecule has 3 aliphatic heterocycles. The highest BCUT2D eigenvalue weighted by molar-refractivity contribution is 6.12. The standard InChI is InChI=1S/C41H66O13/c1-21(2)36(51-34(47)20-31(45)35-27(8)39(48)52-40(35)49)38(50-10)32(46)19-30(44)26(7)29(43)13-11-24(5)37-25(6)16-18-41(54-37)17-15-23(4)33(53-41)14-12-22(3)28(9)42/h21-26,29,31-33,36-38,43,45-46H,11-20H2,1-10H3/t22-,23+,24+,25-,26-,29-,31+,32+,33-,36+,37-,38-,41+/m0/s1/i12+1,15+1,30+1,34+1,37+1,40+1,41+1. The third-order valence-corrected chi connectivity index (χ3v) is 12.1. The van der Waals surface area contributed by atoms with Crippen molar-refractivity contribution in [1.82, 2.24) is 0 Å². The molecule has 0 aromatic rings. The Bertz CT molecular complexity index is 1350. The van der Waals surface area contributed by atoms with Gasteiger partial charge in [-0.2, -0.15) is 0 Å². The number of rotatable bonds is 20. The zero-order valence-electron chi connectivity index (χ0n) is 34.0. The van der Waals surface area contributed by atoms with Gasteiger partial charge < -0.3 is 39.0 Å². The maximum absolute atomic E-state index is 13.3. The lowest BCUT2D eigenvalue weighted by Gasteiger charge is -2.51. The summed E-state index contributed by atoms with van der Waals surface area (Å²) in [5.74, 6) is -4.07. The van der Waals surface area contributed by atoms with E-state index in [0.717, 1.165) is 38.5 Å². The number of ether oxygens (including phenoxy) is 5. The summed E-state index contributed by atoms with van der Waals surface area (Å²) in [6.07, 6.45) is -1.03. The van der Waals surface area contributed by atoms with Gasteiger partial charge in [0, 0.05) is 43.8 Å². The van der Waals surface area contributed by atoms with Gasteiger partial charge >= 0.3 is 17.9 Å². The highest BCUT2D eigenvalue weighted by Crippen LogP contribution is 2.45. The fraction of sp³-hybridized carbons (Fsp3) is 0.829. The van der Waals surface area contributed by atoms with Gasteiger partial charge in [-0.25, -0.2) is 9.59 Å². The number of hydrogen-bond acceptors (Lipinski definition) is 13. The van der Waals surface area contributed by atoms with Crippen molar-refractivity contribution in [1.29, 1.82) is 0 Å². The Balaban J connectivity index is 1.54. The van der Waals surface area contributed by atoms with Crippen molar-refractivity contribution in [2.45, 2.75) is 175 Å². The molecule has 0 aliphatic carbocycles. The topological polar surface area (TPSA) is 192 Å². The first-order chi connectivity index (χ1) is 25.2. The minimum Gasteiger partial charge on any atom is -0.459 e. The average Bonchev–Trinajstić information content (AvgIpc) is 3.37. The molecule has 1 spiro atoms. The maximum atomic E-state index is 13.3. The lowest BCUT2D eigenvalue weighted by atomic mass is 9.94. The molecule has 0 aromatic heterocycles. The summed E-state index contributed by atoms with van der Waals surface area (Å²) in [6, 6.07) is 0. The normalized spacial score (nSPS) is 29.3. The van der Waals surface area contributed by atoms with Crippen LogP contribution in [0.4, 0.5) is 0 Å². The molecule has 3 aliphatic rings. The predicted octanol–water partition coefficient (Wildman–Crippen LogP) is 4.79. The summed E-state index contributed by atoms with van der Waals surface area (Å²) in [6.45, 7) is 16.5. The average molecular weight is 774 g/mol. The Kier molecular flexibility index (Phi) is 17.0. The van der Waals surface area contributed by atoms with Gasteiger partial charge in [0.1, 0.15) is 23.8 Å². The number of ketones is 2. The summed E-state index contributed by atoms with van der Waals surface area (Å²) in [7, 11) is 1.32. The fourth-order valence-electron chi connectivity index (χ4n) is 8.02. The molecule has 3 heterocycles. The zero-order valence-corrected chi connectivity index (χ0v) is 34.0. The maximum Gasteiger partial charge on any atom is 0.345 e. The molecule has 13 heteroatoms. The van der Waals surface area contributed by atoms with Crippen molar-refractivity contribution < 1.29 is 63.0 Å². The van der Waals surface area contributed by atoms with Gasteiger partial charge in [-0.05, 0) is 76.0 Å². The monoisotopic (exact) mass is 773 g/mol. The van der Waals surface area contributed by atoms with Crippen LogP contribution in [0, 0.1) is 35.5 Å². The van der Waals surface area contributed by atoms with Crippen molar-refractivity contribution in [3.05, 3.63) is 11.1 Å². The van der Waals surface area contributed by atoms with Crippen molar-refractivity contribution in [3.63, 3.8) is 0 Å². The number of methoxy groups -OCH3 is 1. The second-order valence-corrected chi connectivity index (χ2v) is 16.8. The van der Waals surface area contributed by atoms with Crippen LogP contribution in [-0.4, -0.2) is 100 Å². The van der Waals surface area contributed by atoms with E-state index in [2.05, 4.69) is 25.5 Å². The van der Waals surface area contributed by atoms with Gasteiger partial charge in [0.05, 0.1) is 42.5 Å². The van der Waals surface area contributed by atoms with E-state index in [-0.39, 0.29) is 65.0 Å². The molecule has 308 valence electrons. The number of esters is 3. The molecule has 2 fully saturated rings. The minimum atomic E-state index is -1.63. The molecular weight excluding hydrogens is 707 g/mol. The smallest absolute Gasteiger partial charge is 0.345 e. The van der Waals surface area contributed by atoms with E-state index < -0.39 is 66.6 Å². The van der Waals surface area contributed by atoms with Gasteiger partial charge in [0.2, 0.25) is 0 Å². The number of carbonyl (C=O) groups excluding carboxylic acids is 5. The Morgan fingerprint density at radius 2 is 1.48 bits per heavy atom. The minimum absolute atomic E-state index is 0.00210. The van der Waals surface area contributed by atoms with Crippen LogP contribution < -0.4 is 0 Å². The molecule has 0 saturated carbocycles. The Morgan fingerprint density at radius 3 is 2.04 bits per heavy atom. The highest BCUT2D eigenvalue weighted by atomic mass is 16.9. The van der Waals surface area contributed by atoms with Crippen LogP contribution >= 0.6 is 0 Å². The second kappa shape index (κ2) is 20.0. The third-order valence-electron chi connectivity index (χ3n) is 12.1. The summed E-state index contributed by atoms with van der Waals surface area (Å²) in [5, 5.41) is 32.7. The molecule has 54 heavy (non-hydrogen) atoms. The number of Topliss-reactive ketones (excluding diaryl/α,β-unsaturated/α-hetero) is 2. The molecular formula is C41H66O13. The summed E-state index contributed by atoms with van der Waals surface area (Å²) in [5.41, 5.74) is -0.403. The van der Waals surface area contributed by atoms with Crippen LogP contribution in [0.2, 0.25) is 0 Å². The number of aliphatic hydroxyl groups excluding tert-OH is 3. The number of cyclic esters (lactones) is 2. The fourth-order valence-corrected chi connectivity index (χ4v) is 8.02. The Morgan fingerprint density at radius 1 is 0.852 bits per heavy atom. The first kappa shape index (κ1) is 45.8. The molecule has 3 N–H and O–H groups in total. The van der Waals surface area contributed by atoms with Crippen molar-refractivity contribution in [2.75, 3.05) is 7.11 Å². The Labute approximate surface area is 320 Å². The molecule has 13 atom stereocenters. The van der Waals surface area contributed by atoms with Crippen molar-refractivity contribution >= 4 is 29.5 Å². The van der Waals surface area contributed by atoms with E-state index in [1.165, 1.54) is 14.0 Å². The van der Waals surface area contributed by atoms with E-state index in [0.29, 0.717) is 18.8 Å². The van der Waals surface area contributed by atoms with E-state index in [1.54, 1.807) is 27.7 Å². The van der Waals surface area contributed by atoms with Crippen LogP contribution in [0.25, 0.3) is 0 Å². The van der Waals surface area contributed by atoms with E-state index >= 15 is 0 Å². The molecule has 0 amide bonds. The highest BCUT2D eigenvalue weighted by Gasteiger charge is 2.48. The predicted molar refractivity (Wildman–Crippen MR) is 197 cm³/mol. The molecule has 13 nitrogen and oxygen atoms in total. The van der Waals surface area contributed by atoms with Gasteiger partial charge in [0.25, 0.3) is 0 Å². The first-order valence-electron chi connectivity index (χ1n) is 19.8. The second-order valence-electron chi connectivity index (χ2n) is 16.8. The third kappa shape index (κ3) is 11.7. The van der Waals surface area contributed by atoms with Crippen molar-refractivity contribution in [2.24, 2.45) is 35.5 Å². The lowest BCUT2D eigenvalue weighted by molar-refractivity contribution is -0.338. The molecule has 0 bridgehead atoms. The van der Waals surface area contributed by atoms with Crippen LogP contribution in [0.5, 0.6) is 0 Å². The SMILES string of the molecule is CO[C@@H]([C@H](O)C[13C](=O)[C@@H](C)[C@@H](O)CC[C@@H](C)[13C@@H]1O[13C@@]2(CC[C@@H]1C)C[13CH2][C@@H](C)[C@H](C[13CH2][C@H](C)C(C)=O)O2)[C@H](O[13C](=O)C[C@@H](O)C1=C(C)C(=O)O[13C]1=O)C(C)C. The van der Waals surface area contributed by atoms with Crippen LogP contribution in [0.1, 0.15) is 127 Å². The van der Waals surface area contributed by atoms with E-state index in [1.807, 2.05) is 6.92 Å². The zero-order chi connectivity index (χ0) is 40.7. The molecule has 3 rings (SSSR count). The number of aliphatic hydroxyl groups is 3. The quantitative estimate of drug-likeness (QED) is 0.0871. The number of carbonyl (C=O) groups is 5. The van der Waals surface area contributed by atoms with Gasteiger partial charge in [-0.15, -0.1) is 0 Å². The molecule has 0 unspecified atom stereocenters. The molecule has 0 aromatic carbocycles. The summed E-state index contributed by atoms with van der Waals surface area (Å²) in [4.78, 5) is 61.6. The van der Waals surface area contributed by atoms with Gasteiger partial charge in [0.15, 0.2) is 5.79 Å². The first-order valence-corrected chi connectivity index (χ1v) is 19.8. The van der Waals surface area contributed by atoms with Gasteiger partial charge in [-0.3, -0.25) is 14.4 Å².